The van der Waals surface area contributed by atoms with Crippen LogP contribution >= 0.6 is 0 Å². The molecule has 0 aliphatic carbocycles. The van der Waals surface area contributed by atoms with Crippen LogP contribution in [0.3, 0.4) is 0 Å². The molecule has 2 N–H and O–H groups in total. The Morgan fingerprint density at radius 1 is 0.645 bits per heavy atom. The number of rotatable bonds is 1. The van der Waals surface area contributed by atoms with E-state index >= 15 is 0 Å². The average Bonchev–Trinajstić information content (AvgIpc) is 2.79. The molecule has 4 aromatic carbocycles. The van der Waals surface area contributed by atoms with E-state index in [1.54, 1.807) is 0 Å². The summed E-state index contributed by atoms with van der Waals surface area (Å²) in [6.45, 7) is 4.55. The SMILES string of the molecule is CC1(C)c2ccccc2Nc2cc(-c3ccc4c(=O)c5ccccc5[nH]c4c3)ccc21. The fourth-order valence-electron chi connectivity index (χ4n) is 4.91. The second-order valence-corrected chi connectivity index (χ2v) is 8.82. The van der Waals surface area contributed by atoms with E-state index in [0.29, 0.717) is 5.39 Å². The van der Waals surface area contributed by atoms with Gasteiger partial charge in [-0.3, -0.25) is 4.79 Å². The van der Waals surface area contributed by atoms with E-state index in [9.17, 15) is 4.79 Å². The predicted molar refractivity (Wildman–Crippen MR) is 129 cm³/mol. The summed E-state index contributed by atoms with van der Waals surface area (Å²) in [5.74, 6) is 0. The molecule has 0 spiro atoms. The quantitative estimate of drug-likeness (QED) is 0.305. The number of aromatic amines is 1. The number of pyridine rings is 1. The van der Waals surface area contributed by atoms with Gasteiger partial charge in [0.05, 0.1) is 5.52 Å². The van der Waals surface area contributed by atoms with Gasteiger partial charge < -0.3 is 10.3 Å². The van der Waals surface area contributed by atoms with Gasteiger partial charge in [0.25, 0.3) is 0 Å². The van der Waals surface area contributed by atoms with Gasteiger partial charge in [0, 0.05) is 33.1 Å². The van der Waals surface area contributed by atoms with Crippen LogP contribution in [0, 0.1) is 0 Å². The van der Waals surface area contributed by atoms with Crippen LogP contribution < -0.4 is 10.7 Å². The van der Waals surface area contributed by atoms with Crippen molar-refractivity contribution < 1.29 is 0 Å². The highest BCUT2D eigenvalue weighted by Crippen LogP contribution is 2.46. The molecule has 3 heteroatoms. The standard InChI is InChI=1S/C28H22N2O/c1-28(2)21-8-4-6-10-24(21)30-26-16-18(12-14-22(26)28)17-11-13-20-25(15-17)29-23-9-5-3-7-19(23)27(20)31/h3-16,30H,1-2H3,(H,29,31). The van der Waals surface area contributed by atoms with E-state index in [1.807, 2.05) is 36.4 Å². The van der Waals surface area contributed by atoms with Crippen molar-refractivity contribution in [3.63, 3.8) is 0 Å². The van der Waals surface area contributed by atoms with Crippen LogP contribution in [0.4, 0.5) is 11.4 Å². The maximum atomic E-state index is 12.9. The summed E-state index contributed by atoms with van der Waals surface area (Å²) in [5.41, 5.74) is 8.82. The van der Waals surface area contributed by atoms with Gasteiger partial charge in [0.15, 0.2) is 5.43 Å². The van der Waals surface area contributed by atoms with Gasteiger partial charge in [0.1, 0.15) is 0 Å². The minimum atomic E-state index is -0.0662. The summed E-state index contributed by atoms with van der Waals surface area (Å²) in [6, 6.07) is 28.8. The first-order valence-electron chi connectivity index (χ1n) is 10.6. The zero-order chi connectivity index (χ0) is 21.2. The molecular weight excluding hydrogens is 380 g/mol. The van der Waals surface area contributed by atoms with Crippen LogP contribution in [-0.2, 0) is 5.41 Å². The molecule has 150 valence electrons. The van der Waals surface area contributed by atoms with Gasteiger partial charge in [-0.25, -0.2) is 0 Å². The summed E-state index contributed by atoms with van der Waals surface area (Å²) >= 11 is 0. The van der Waals surface area contributed by atoms with E-state index in [4.69, 9.17) is 0 Å². The molecule has 5 aromatic rings. The molecule has 0 radical (unpaired) electrons. The number of anilines is 2. The number of para-hydroxylation sites is 2. The first kappa shape index (κ1) is 18.0. The molecule has 6 rings (SSSR count). The molecule has 1 aliphatic heterocycles. The first-order chi connectivity index (χ1) is 15.0. The van der Waals surface area contributed by atoms with Crippen LogP contribution in [0.1, 0.15) is 25.0 Å². The van der Waals surface area contributed by atoms with Crippen LogP contribution in [-0.4, -0.2) is 4.98 Å². The lowest BCUT2D eigenvalue weighted by Crippen LogP contribution is -2.25. The van der Waals surface area contributed by atoms with E-state index in [1.165, 1.54) is 11.1 Å². The molecule has 0 saturated carbocycles. The van der Waals surface area contributed by atoms with E-state index in [2.05, 4.69) is 72.7 Å². The van der Waals surface area contributed by atoms with Crippen molar-refractivity contribution in [3.8, 4) is 11.1 Å². The second-order valence-electron chi connectivity index (χ2n) is 8.82. The van der Waals surface area contributed by atoms with Crippen molar-refractivity contribution in [2.75, 3.05) is 5.32 Å². The van der Waals surface area contributed by atoms with E-state index < -0.39 is 0 Å². The molecule has 0 amide bonds. The highest BCUT2D eigenvalue weighted by atomic mass is 16.1. The summed E-state index contributed by atoms with van der Waals surface area (Å²) in [7, 11) is 0. The first-order valence-corrected chi connectivity index (χ1v) is 10.6. The number of fused-ring (bicyclic) bond motifs is 4. The van der Waals surface area contributed by atoms with Gasteiger partial charge in [0.2, 0.25) is 0 Å². The summed E-state index contributed by atoms with van der Waals surface area (Å²) in [6.07, 6.45) is 0. The Morgan fingerprint density at radius 2 is 1.32 bits per heavy atom. The number of hydrogen-bond donors (Lipinski definition) is 2. The number of aromatic nitrogens is 1. The highest BCUT2D eigenvalue weighted by Gasteiger charge is 2.32. The van der Waals surface area contributed by atoms with E-state index in [-0.39, 0.29) is 10.8 Å². The van der Waals surface area contributed by atoms with Gasteiger partial charge in [-0.15, -0.1) is 0 Å². The van der Waals surface area contributed by atoms with E-state index in [0.717, 1.165) is 38.9 Å². The van der Waals surface area contributed by atoms with Crippen molar-refractivity contribution >= 4 is 33.2 Å². The van der Waals surface area contributed by atoms with Gasteiger partial charge in [-0.05, 0) is 58.7 Å². The smallest absolute Gasteiger partial charge is 0.197 e. The van der Waals surface area contributed by atoms with Crippen molar-refractivity contribution in [3.05, 3.63) is 106 Å². The molecule has 0 fully saturated rings. The third-order valence-electron chi connectivity index (χ3n) is 6.60. The Labute approximate surface area is 180 Å². The van der Waals surface area contributed by atoms with Crippen LogP contribution in [0.2, 0.25) is 0 Å². The zero-order valence-electron chi connectivity index (χ0n) is 17.5. The minimum Gasteiger partial charge on any atom is -0.355 e. The molecule has 31 heavy (non-hydrogen) atoms. The molecule has 0 bridgehead atoms. The van der Waals surface area contributed by atoms with Crippen LogP contribution in [0.5, 0.6) is 0 Å². The Balaban J connectivity index is 1.50. The molecular formula is C28H22N2O. The van der Waals surface area contributed by atoms with Gasteiger partial charge >= 0.3 is 0 Å². The minimum absolute atomic E-state index is 0.0662. The van der Waals surface area contributed by atoms with Crippen LogP contribution in [0.15, 0.2) is 89.7 Å². The number of H-pyrrole nitrogens is 1. The number of nitrogens with one attached hydrogen (secondary N) is 2. The predicted octanol–water partition coefficient (Wildman–Crippen LogP) is 6.73. The molecule has 0 atom stereocenters. The molecule has 1 aromatic heterocycles. The lowest BCUT2D eigenvalue weighted by Gasteiger charge is -2.36. The molecule has 3 nitrogen and oxygen atoms in total. The lowest BCUT2D eigenvalue weighted by molar-refractivity contribution is 0.638. The molecule has 2 heterocycles. The Morgan fingerprint density at radius 3 is 2.23 bits per heavy atom. The lowest BCUT2D eigenvalue weighted by atomic mass is 9.74. The Bertz CT molecular complexity index is 1560. The normalized spacial score (nSPS) is 14.1. The average molecular weight is 402 g/mol. The van der Waals surface area contributed by atoms with Crippen LogP contribution in [0.25, 0.3) is 32.9 Å². The largest absolute Gasteiger partial charge is 0.355 e. The number of hydrogen-bond acceptors (Lipinski definition) is 2. The fraction of sp³-hybridized carbons (Fsp3) is 0.107. The summed E-state index contributed by atoms with van der Waals surface area (Å²) in [4.78, 5) is 16.3. The zero-order valence-corrected chi connectivity index (χ0v) is 17.5. The monoisotopic (exact) mass is 402 g/mol. The molecule has 1 aliphatic rings. The Hall–Kier alpha value is -3.85. The van der Waals surface area contributed by atoms with Crippen molar-refractivity contribution in [2.45, 2.75) is 19.3 Å². The van der Waals surface area contributed by atoms with Gasteiger partial charge in [-0.2, -0.15) is 0 Å². The van der Waals surface area contributed by atoms with Gasteiger partial charge in [-0.1, -0.05) is 62.4 Å². The second kappa shape index (κ2) is 6.32. The Kier molecular flexibility index (Phi) is 3.66. The summed E-state index contributed by atoms with van der Waals surface area (Å²) < 4.78 is 0. The van der Waals surface area contributed by atoms with Crippen molar-refractivity contribution in [2.24, 2.45) is 0 Å². The third-order valence-corrected chi connectivity index (χ3v) is 6.60. The maximum absolute atomic E-state index is 12.9. The molecule has 0 unspecified atom stereocenters. The summed E-state index contributed by atoms with van der Waals surface area (Å²) in [5, 5.41) is 5.06. The molecule has 0 saturated heterocycles. The van der Waals surface area contributed by atoms with Crippen molar-refractivity contribution in [1.82, 2.24) is 4.98 Å². The van der Waals surface area contributed by atoms with Crippen molar-refractivity contribution in [1.29, 1.82) is 0 Å². The topological polar surface area (TPSA) is 44.9 Å². The highest BCUT2D eigenvalue weighted by molar-refractivity contribution is 5.94. The third kappa shape index (κ3) is 2.63. The number of benzene rings is 4. The fourth-order valence-corrected chi connectivity index (χ4v) is 4.91. The maximum Gasteiger partial charge on any atom is 0.197 e.